The third-order valence-corrected chi connectivity index (χ3v) is 0.476. The predicted molar refractivity (Wildman–Crippen MR) is 24.8 cm³/mol. The summed E-state index contributed by atoms with van der Waals surface area (Å²) in [7, 11) is 0. The Labute approximate surface area is 41.4 Å². The second-order valence-corrected chi connectivity index (χ2v) is 0.976. The third kappa shape index (κ3) is 3.95. The SMILES string of the molecule is ONCC=CCl. The molecular formula is C3H6ClNO. The maximum Gasteiger partial charge on any atom is 0.0399 e. The van der Waals surface area contributed by atoms with Gasteiger partial charge in [0.2, 0.25) is 0 Å². The summed E-state index contributed by atoms with van der Waals surface area (Å²) in [4.78, 5) is 0. The molecular weight excluding hydrogens is 101 g/mol. The number of hydrogen-bond donors (Lipinski definition) is 2. The monoisotopic (exact) mass is 107 g/mol. The number of rotatable bonds is 2. The summed E-state index contributed by atoms with van der Waals surface area (Å²) in [6.45, 7) is 0.406. The van der Waals surface area contributed by atoms with Gasteiger partial charge in [-0.2, -0.15) is 0 Å². The largest absolute Gasteiger partial charge is 0.317 e. The summed E-state index contributed by atoms with van der Waals surface area (Å²) >= 11 is 5.05. The fourth-order valence-corrected chi connectivity index (χ4v) is 0.186. The van der Waals surface area contributed by atoms with Crippen LogP contribution in [0.5, 0.6) is 0 Å². The molecule has 36 valence electrons. The van der Waals surface area contributed by atoms with E-state index in [1.165, 1.54) is 5.54 Å². The van der Waals surface area contributed by atoms with Crippen LogP contribution in [0.1, 0.15) is 0 Å². The summed E-state index contributed by atoms with van der Waals surface area (Å²) in [5, 5.41) is 7.84. The van der Waals surface area contributed by atoms with Crippen molar-refractivity contribution in [3.8, 4) is 0 Å². The highest BCUT2D eigenvalue weighted by atomic mass is 35.5. The van der Waals surface area contributed by atoms with E-state index in [1.807, 2.05) is 5.48 Å². The first kappa shape index (κ1) is 5.95. The van der Waals surface area contributed by atoms with E-state index in [4.69, 9.17) is 16.8 Å². The molecule has 0 fully saturated rings. The van der Waals surface area contributed by atoms with E-state index in [9.17, 15) is 0 Å². The molecule has 2 N–H and O–H groups in total. The average molecular weight is 108 g/mol. The van der Waals surface area contributed by atoms with E-state index in [0.29, 0.717) is 6.54 Å². The molecule has 0 radical (unpaired) electrons. The van der Waals surface area contributed by atoms with Crippen molar-refractivity contribution in [1.29, 1.82) is 0 Å². The lowest BCUT2D eigenvalue weighted by Gasteiger charge is -1.80. The molecule has 2 nitrogen and oxygen atoms in total. The summed E-state index contributed by atoms with van der Waals surface area (Å²) in [5.41, 5.74) is 3.23. The van der Waals surface area contributed by atoms with Gasteiger partial charge in [0.25, 0.3) is 0 Å². The van der Waals surface area contributed by atoms with Crippen LogP contribution < -0.4 is 5.48 Å². The minimum atomic E-state index is 0.406. The van der Waals surface area contributed by atoms with Crippen molar-refractivity contribution in [2.45, 2.75) is 0 Å². The van der Waals surface area contributed by atoms with Crippen LogP contribution in [0.3, 0.4) is 0 Å². The lowest BCUT2D eigenvalue weighted by molar-refractivity contribution is 0.179. The zero-order valence-electron chi connectivity index (χ0n) is 3.19. The number of nitrogens with one attached hydrogen (secondary N) is 1. The predicted octanol–water partition coefficient (Wildman–Crippen LogP) is 0.718. The van der Waals surface area contributed by atoms with Gasteiger partial charge in [0, 0.05) is 12.1 Å². The zero-order valence-corrected chi connectivity index (χ0v) is 3.94. The van der Waals surface area contributed by atoms with Gasteiger partial charge < -0.3 is 5.21 Å². The Morgan fingerprint density at radius 1 is 1.83 bits per heavy atom. The van der Waals surface area contributed by atoms with Crippen LogP contribution in [0.15, 0.2) is 11.6 Å². The van der Waals surface area contributed by atoms with Crippen molar-refractivity contribution in [2.75, 3.05) is 6.54 Å². The smallest absolute Gasteiger partial charge is 0.0399 e. The highest BCUT2D eigenvalue weighted by Crippen LogP contribution is 1.72. The minimum absolute atomic E-state index is 0.406. The second kappa shape index (κ2) is 4.95. The van der Waals surface area contributed by atoms with Crippen LogP contribution in [-0.4, -0.2) is 11.8 Å². The molecule has 0 spiro atoms. The number of hydroxylamine groups is 1. The Hall–Kier alpha value is -0.0500. The van der Waals surface area contributed by atoms with Crippen LogP contribution >= 0.6 is 11.6 Å². The number of hydrogen-bond acceptors (Lipinski definition) is 2. The van der Waals surface area contributed by atoms with E-state index in [0.717, 1.165) is 0 Å². The minimum Gasteiger partial charge on any atom is -0.317 e. The summed E-state index contributed by atoms with van der Waals surface area (Å²) in [6.07, 6.45) is 1.58. The molecule has 0 unspecified atom stereocenters. The van der Waals surface area contributed by atoms with Crippen LogP contribution in [0.2, 0.25) is 0 Å². The Morgan fingerprint density at radius 3 is 2.67 bits per heavy atom. The average Bonchev–Trinajstić information content (AvgIpc) is 1.61. The van der Waals surface area contributed by atoms with Gasteiger partial charge in [0.15, 0.2) is 0 Å². The number of halogens is 1. The molecule has 0 heterocycles. The molecule has 0 atom stereocenters. The molecule has 0 saturated heterocycles. The van der Waals surface area contributed by atoms with E-state index >= 15 is 0 Å². The fourth-order valence-electron chi connectivity index (χ4n) is 0.0972. The van der Waals surface area contributed by atoms with Crippen molar-refractivity contribution in [3.05, 3.63) is 11.6 Å². The normalized spacial score (nSPS) is 10.3. The van der Waals surface area contributed by atoms with Gasteiger partial charge in [-0.1, -0.05) is 17.7 Å². The van der Waals surface area contributed by atoms with E-state index in [2.05, 4.69) is 0 Å². The van der Waals surface area contributed by atoms with Crippen molar-refractivity contribution in [1.82, 2.24) is 5.48 Å². The first-order valence-corrected chi connectivity index (χ1v) is 1.97. The summed E-state index contributed by atoms with van der Waals surface area (Å²) in [5.74, 6) is 0. The summed E-state index contributed by atoms with van der Waals surface area (Å²) < 4.78 is 0. The molecule has 0 aromatic heterocycles. The van der Waals surface area contributed by atoms with E-state index in [1.54, 1.807) is 6.08 Å². The Balaban J connectivity index is 2.66. The molecule has 0 aromatic rings. The maximum atomic E-state index is 7.84. The Bertz CT molecular complexity index is 46.1. The quantitative estimate of drug-likeness (QED) is 0.510. The van der Waals surface area contributed by atoms with Gasteiger partial charge in [0.05, 0.1) is 0 Å². The van der Waals surface area contributed by atoms with Crippen molar-refractivity contribution >= 4 is 11.6 Å². The molecule has 0 aromatic carbocycles. The van der Waals surface area contributed by atoms with Crippen molar-refractivity contribution in [3.63, 3.8) is 0 Å². The Kier molecular flexibility index (Phi) is 4.91. The van der Waals surface area contributed by atoms with Crippen LogP contribution in [0.25, 0.3) is 0 Å². The van der Waals surface area contributed by atoms with E-state index in [-0.39, 0.29) is 0 Å². The van der Waals surface area contributed by atoms with Crippen LogP contribution in [0, 0.1) is 0 Å². The Morgan fingerprint density at radius 2 is 2.50 bits per heavy atom. The van der Waals surface area contributed by atoms with Crippen molar-refractivity contribution in [2.24, 2.45) is 0 Å². The molecule has 0 saturated carbocycles. The molecule has 0 aliphatic carbocycles. The molecule has 0 aliphatic heterocycles. The van der Waals surface area contributed by atoms with Crippen LogP contribution in [-0.2, 0) is 0 Å². The lowest BCUT2D eigenvalue weighted by Crippen LogP contribution is -2.04. The zero-order chi connectivity index (χ0) is 4.83. The van der Waals surface area contributed by atoms with Crippen LogP contribution in [0.4, 0.5) is 0 Å². The van der Waals surface area contributed by atoms with Gasteiger partial charge in [0.1, 0.15) is 0 Å². The molecule has 0 bridgehead atoms. The standard InChI is InChI=1S/C3H6ClNO/c4-2-1-3-5-6/h1-2,5-6H,3H2. The molecule has 0 aliphatic rings. The third-order valence-electron chi connectivity index (χ3n) is 0.298. The van der Waals surface area contributed by atoms with Gasteiger partial charge >= 0.3 is 0 Å². The molecule has 3 heteroatoms. The maximum absolute atomic E-state index is 7.84. The van der Waals surface area contributed by atoms with Gasteiger partial charge in [-0.05, 0) is 0 Å². The lowest BCUT2D eigenvalue weighted by atomic mass is 10.7. The van der Waals surface area contributed by atoms with Gasteiger partial charge in [-0.15, -0.1) is 0 Å². The second-order valence-electron chi connectivity index (χ2n) is 0.724. The molecule has 0 amide bonds. The van der Waals surface area contributed by atoms with Gasteiger partial charge in [-0.25, -0.2) is 5.48 Å². The van der Waals surface area contributed by atoms with Crippen molar-refractivity contribution < 1.29 is 5.21 Å². The molecule has 0 rings (SSSR count). The molecule has 6 heavy (non-hydrogen) atoms. The first-order valence-electron chi connectivity index (χ1n) is 1.54. The van der Waals surface area contributed by atoms with Gasteiger partial charge in [-0.3, -0.25) is 0 Å². The highest BCUT2D eigenvalue weighted by molar-refractivity contribution is 6.25. The van der Waals surface area contributed by atoms with E-state index < -0.39 is 0 Å². The first-order chi connectivity index (χ1) is 2.91. The summed E-state index contributed by atoms with van der Waals surface area (Å²) in [6, 6.07) is 0. The highest BCUT2D eigenvalue weighted by Gasteiger charge is 1.63. The fraction of sp³-hybridized carbons (Fsp3) is 0.333. The topological polar surface area (TPSA) is 32.3 Å².